The smallest absolute Gasteiger partial charge is 0.230 e. The second-order valence-corrected chi connectivity index (χ2v) is 5.55. The predicted octanol–water partition coefficient (Wildman–Crippen LogP) is 3.49. The van der Waals surface area contributed by atoms with Crippen LogP contribution in [0.5, 0.6) is 5.75 Å². The Morgan fingerprint density at radius 2 is 1.95 bits per heavy atom. The number of hydrogen-bond donors (Lipinski definition) is 1. The molecule has 1 N–H and O–H groups in total. The lowest BCUT2D eigenvalue weighted by atomic mass is 10.1. The number of fused-ring (bicyclic) bond motifs is 1. The lowest BCUT2D eigenvalue weighted by Crippen LogP contribution is -2.14. The molecule has 3 rings (SSSR count). The van der Waals surface area contributed by atoms with Crippen LogP contribution in [0.1, 0.15) is 5.56 Å². The fourth-order valence-corrected chi connectivity index (χ4v) is 2.99. The highest BCUT2D eigenvalue weighted by Crippen LogP contribution is 2.26. The summed E-state index contributed by atoms with van der Waals surface area (Å²) in [6.45, 7) is 0. The number of anilines is 1. The summed E-state index contributed by atoms with van der Waals surface area (Å²) in [5, 5.41) is 3.47. The molecule has 0 fully saturated rings. The second-order valence-electron chi connectivity index (χ2n) is 4.52. The van der Waals surface area contributed by atoms with Gasteiger partial charge in [0.15, 0.2) is 5.13 Å². The van der Waals surface area contributed by atoms with Crippen molar-refractivity contribution in [1.82, 2.24) is 4.98 Å². The van der Waals surface area contributed by atoms with Crippen molar-refractivity contribution >= 4 is 32.6 Å². The molecule has 1 heterocycles. The molecule has 0 saturated heterocycles. The van der Waals surface area contributed by atoms with Crippen LogP contribution in [0, 0.1) is 0 Å². The monoisotopic (exact) mass is 298 g/mol. The van der Waals surface area contributed by atoms with Gasteiger partial charge in [-0.15, -0.1) is 0 Å². The molecule has 1 amide bonds. The van der Waals surface area contributed by atoms with Gasteiger partial charge in [0, 0.05) is 5.56 Å². The van der Waals surface area contributed by atoms with E-state index in [0.29, 0.717) is 5.13 Å². The minimum Gasteiger partial charge on any atom is -0.496 e. The summed E-state index contributed by atoms with van der Waals surface area (Å²) in [5.74, 6) is 0.621. The fourth-order valence-electron chi connectivity index (χ4n) is 2.11. The van der Waals surface area contributed by atoms with Gasteiger partial charge >= 0.3 is 0 Å². The third-order valence-corrected chi connectivity index (χ3v) is 4.04. The molecule has 106 valence electrons. The molecular weight excluding hydrogens is 284 g/mol. The second kappa shape index (κ2) is 5.93. The van der Waals surface area contributed by atoms with E-state index in [4.69, 9.17) is 4.74 Å². The molecule has 0 bridgehead atoms. The van der Waals surface area contributed by atoms with Crippen molar-refractivity contribution in [2.24, 2.45) is 0 Å². The van der Waals surface area contributed by atoms with Gasteiger partial charge in [-0.05, 0) is 18.2 Å². The summed E-state index contributed by atoms with van der Waals surface area (Å²) in [5.41, 5.74) is 1.76. The number of thiazole rings is 1. The highest BCUT2D eigenvalue weighted by Gasteiger charge is 2.10. The number of benzene rings is 2. The number of nitrogens with zero attached hydrogens (tertiary/aromatic N) is 1. The van der Waals surface area contributed by atoms with Gasteiger partial charge in [-0.2, -0.15) is 0 Å². The van der Waals surface area contributed by atoms with E-state index >= 15 is 0 Å². The quantitative estimate of drug-likeness (QED) is 0.802. The van der Waals surface area contributed by atoms with Gasteiger partial charge in [0.05, 0.1) is 23.7 Å². The van der Waals surface area contributed by atoms with Gasteiger partial charge < -0.3 is 10.1 Å². The molecule has 5 heteroatoms. The van der Waals surface area contributed by atoms with Crippen molar-refractivity contribution in [1.29, 1.82) is 0 Å². The van der Waals surface area contributed by atoms with Gasteiger partial charge in [-0.1, -0.05) is 41.7 Å². The van der Waals surface area contributed by atoms with E-state index in [1.54, 1.807) is 7.11 Å². The van der Waals surface area contributed by atoms with Gasteiger partial charge in [0.25, 0.3) is 0 Å². The van der Waals surface area contributed by atoms with Gasteiger partial charge in [0.2, 0.25) is 5.91 Å². The highest BCUT2D eigenvalue weighted by atomic mass is 32.1. The van der Waals surface area contributed by atoms with Crippen LogP contribution in [-0.2, 0) is 11.2 Å². The predicted molar refractivity (Wildman–Crippen MR) is 84.9 cm³/mol. The molecule has 0 atom stereocenters. The molecule has 4 nitrogen and oxygen atoms in total. The Balaban J connectivity index is 1.74. The van der Waals surface area contributed by atoms with Crippen molar-refractivity contribution in [2.45, 2.75) is 6.42 Å². The largest absolute Gasteiger partial charge is 0.496 e. The third kappa shape index (κ3) is 3.03. The fraction of sp³-hybridized carbons (Fsp3) is 0.125. The standard InChI is InChI=1S/C16H14N2O2S/c1-20-13-8-4-2-6-11(13)10-15(19)18-16-17-12-7-3-5-9-14(12)21-16/h2-9H,10H2,1H3,(H,17,18,19). The number of rotatable bonds is 4. The van der Waals surface area contributed by atoms with Crippen LogP contribution < -0.4 is 10.1 Å². The van der Waals surface area contributed by atoms with Crippen LogP contribution in [0.2, 0.25) is 0 Å². The molecule has 0 saturated carbocycles. The number of ether oxygens (including phenoxy) is 1. The minimum absolute atomic E-state index is 0.0986. The number of methoxy groups -OCH3 is 1. The summed E-state index contributed by atoms with van der Waals surface area (Å²) >= 11 is 1.47. The zero-order valence-corrected chi connectivity index (χ0v) is 12.3. The molecule has 2 aromatic carbocycles. The van der Waals surface area contributed by atoms with Gasteiger partial charge in [-0.25, -0.2) is 4.98 Å². The van der Waals surface area contributed by atoms with Crippen LogP contribution in [0.3, 0.4) is 0 Å². The number of amides is 1. The van der Waals surface area contributed by atoms with Crippen molar-refractivity contribution in [3.63, 3.8) is 0 Å². The highest BCUT2D eigenvalue weighted by molar-refractivity contribution is 7.22. The molecule has 0 radical (unpaired) electrons. The van der Waals surface area contributed by atoms with E-state index in [0.717, 1.165) is 21.5 Å². The van der Waals surface area contributed by atoms with Crippen LogP contribution in [-0.4, -0.2) is 18.0 Å². The first-order valence-corrected chi connectivity index (χ1v) is 7.35. The van der Waals surface area contributed by atoms with Crippen LogP contribution in [0.25, 0.3) is 10.2 Å². The van der Waals surface area contributed by atoms with E-state index in [1.165, 1.54) is 11.3 Å². The van der Waals surface area contributed by atoms with E-state index < -0.39 is 0 Å². The van der Waals surface area contributed by atoms with Crippen molar-refractivity contribution in [3.8, 4) is 5.75 Å². The molecule has 1 aromatic heterocycles. The maximum atomic E-state index is 12.1. The molecule has 0 aliphatic rings. The Morgan fingerprint density at radius 1 is 1.19 bits per heavy atom. The first-order chi connectivity index (χ1) is 10.3. The molecule has 21 heavy (non-hydrogen) atoms. The lowest BCUT2D eigenvalue weighted by Gasteiger charge is -2.07. The lowest BCUT2D eigenvalue weighted by molar-refractivity contribution is -0.115. The van der Waals surface area contributed by atoms with E-state index in [2.05, 4.69) is 10.3 Å². The Kier molecular flexibility index (Phi) is 3.83. The van der Waals surface area contributed by atoms with Crippen molar-refractivity contribution < 1.29 is 9.53 Å². The number of carbonyl (C=O) groups excluding carboxylic acids is 1. The maximum Gasteiger partial charge on any atom is 0.230 e. The summed E-state index contributed by atoms with van der Waals surface area (Å²) in [6, 6.07) is 15.3. The van der Waals surface area contributed by atoms with Crippen LogP contribution in [0.4, 0.5) is 5.13 Å². The van der Waals surface area contributed by atoms with Gasteiger partial charge in [-0.3, -0.25) is 4.79 Å². The normalized spacial score (nSPS) is 10.5. The SMILES string of the molecule is COc1ccccc1CC(=O)Nc1nc2ccccc2s1. The van der Waals surface area contributed by atoms with Crippen molar-refractivity contribution in [3.05, 3.63) is 54.1 Å². The molecule has 0 unspecified atom stereocenters. The Bertz CT molecular complexity index is 750. The van der Waals surface area contributed by atoms with Crippen LogP contribution in [0.15, 0.2) is 48.5 Å². The van der Waals surface area contributed by atoms with E-state index in [9.17, 15) is 4.79 Å². The van der Waals surface area contributed by atoms with Gasteiger partial charge in [0.1, 0.15) is 5.75 Å². The number of para-hydroxylation sites is 2. The topological polar surface area (TPSA) is 51.2 Å². The first-order valence-electron chi connectivity index (χ1n) is 6.53. The van der Waals surface area contributed by atoms with Crippen LogP contribution >= 0.6 is 11.3 Å². The van der Waals surface area contributed by atoms with E-state index in [1.807, 2.05) is 48.5 Å². The maximum absolute atomic E-state index is 12.1. The summed E-state index contributed by atoms with van der Waals surface area (Å²) < 4.78 is 6.31. The molecule has 0 spiro atoms. The summed E-state index contributed by atoms with van der Waals surface area (Å²) in [7, 11) is 1.60. The first kappa shape index (κ1) is 13.6. The zero-order valence-electron chi connectivity index (χ0n) is 11.5. The zero-order chi connectivity index (χ0) is 14.7. The summed E-state index contributed by atoms with van der Waals surface area (Å²) in [4.78, 5) is 16.5. The molecule has 3 aromatic rings. The Hall–Kier alpha value is -2.40. The average molecular weight is 298 g/mol. The number of aromatic nitrogens is 1. The molecule has 0 aliphatic carbocycles. The van der Waals surface area contributed by atoms with E-state index in [-0.39, 0.29) is 12.3 Å². The minimum atomic E-state index is -0.0986. The van der Waals surface area contributed by atoms with Crippen molar-refractivity contribution in [2.75, 3.05) is 12.4 Å². The molecule has 0 aliphatic heterocycles. The molecular formula is C16H14N2O2S. The average Bonchev–Trinajstić information content (AvgIpc) is 2.89. The third-order valence-electron chi connectivity index (χ3n) is 3.08. The number of hydrogen-bond acceptors (Lipinski definition) is 4. The number of carbonyl (C=O) groups is 1. The Labute approximate surface area is 126 Å². The number of nitrogens with one attached hydrogen (secondary N) is 1. The summed E-state index contributed by atoms with van der Waals surface area (Å²) in [6.07, 6.45) is 0.264. The Morgan fingerprint density at radius 3 is 2.76 bits per heavy atom.